The number of likely N-dealkylation sites (tertiary alicyclic amines) is 1. The van der Waals surface area contributed by atoms with Gasteiger partial charge in [0, 0.05) is 29.7 Å². The van der Waals surface area contributed by atoms with Crippen LogP contribution >= 0.6 is 34.8 Å². The Morgan fingerprint density at radius 2 is 1.68 bits per heavy atom. The second-order valence-electron chi connectivity index (χ2n) is 7.65. The third-order valence-electron chi connectivity index (χ3n) is 5.42. The maximum atomic E-state index is 12.7. The smallest absolute Gasteiger partial charge is 0.253 e. The molecule has 3 rings (SSSR count). The second-order valence-corrected chi connectivity index (χ2v) is 8.90. The fourth-order valence-electron chi connectivity index (χ4n) is 3.90. The highest BCUT2D eigenvalue weighted by Gasteiger charge is 2.28. The molecule has 1 saturated heterocycles. The fraction of sp³-hybridized carbons (Fsp3) is 0.391. The van der Waals surface area contributed by atoms with Crippen molar-refractivity contribution in [2.75, 3.05) is 31.5 Å². The van der Waals surface area contributed by atoms with Crippen molar-refractivity contribution < 1.29 is 9.59 Å². The number of benzene rings is 2. The molecular weight excluding hydrogens is 457 g/mol. The average Bonchev–Trinajstić information content (AvgIpc) is 2.76. The molecule has 0 unspecified atom stereocenters. The first-order valence-electron chi connectivity index (χ1n) is 10.4. The molecule has 1 N–H and O–H groups in total. The summed E-state index contributed by atoms with van der Waals surface area (Å²) in [6.07, 6.45) is 2.58. The minimum atomic E-state index is -0.178. The highest BCUT2D eigenvalue weighted by molar-refractivity contribution is 6.42. The van der Waals surface area contributed by atoms with Crippen LogP contribution in [0.5, 0.6) is 0 Å². The molecular formula is C23H26Cl3N3O2. The monoisotopic (exact) mass is 481 g/mol. The fourth-order valence-corrected chi connectivity index (χ4v) is 4.81. The molecule has 0 aromatic heterocycles. The van der Waals surface area contributed by atoms with Crippen molar-refractivity contribution in [1.29, 1.82) is 0 Å². The van der Waals surface area contributed by atoms with E-state index in [2.05, 4.69) is 17.1 Å². The molecule has 0 aliphatic carbocycles. The lowest BCUT2D eigenvalue weighted by molar-refractivity contribution is -0.118. The number of halogens is 3. The number of hydrogen-bond donors (Lipinski definition) is 1. The van der Waals surface area contributed by atoms with E-state index in [0.717, 1.165) is 25.8 Å². The maximum absolute atomic E-state index is 12.7. The molecule has 1 fully saturated rings. The molecule has 1 aliphatic rings. The number of nitrogens with zero attached hydrogens (tertiary/aromatic N) is 2. The highest BCUT2D eigenvalue weighted by Crippen LogP contribution is 2.33. The first-order valence-corrected chi connectivity index (χ1v) is 11.5. The van der Waals surface area contributed by atoms with Crippen molar-refractivity contribution in [3.05, 3.63) is 63.1 Å². The van der Waals surface area contributed by atoms with E-state index in [1.165, 1.54) is 0 Å². The molecule has 0 radical (unpaired) electrons. The minimum Gasteiger partial charge on any atom is -0.339 e. The predicted molar refractivity (Wildman–Crippen MR) is 127 cm³/mol. The number of piperidine rings is 1. The summed E-state index contributed by atoms with van der Waals surface area (Å²) in [6.45, 7) is 4.48. The van der Waals surface area contributed by atoms with Crippen LogP contribution in [-0.2, 0) is 4.79 Å². The quantitative estimate of drug-likeness (QED) is 0.559. The van der Waals surface area contributed by atoms with Crippen LogP contribution in [0.3, 0.4) is 0 Å². The van der Waals surface area contributed by atoms with Gasteiger partial charge in [-0.1, -0.05) is 59.9 Å². The number of amides is 2. The molecule has 2 amide bonds. The van der Waals surface area contributed by atoms with Gasteiger partial charge in [0.05, 0.1) is 22.3 Å². The molecule has 0 saturated carbocycles. The molecule has 1 heterocycles. The van der Waals surface area contributed by atoms with Crippen molar-refractivity contribution in [2.45, 2.75) is 32.2 Å². The van der Waals surface area contributed by atoms with Gasteiger partial charge in [-0.3, -0.25) is 14.5 Å². The lowest BCUT2D eigenvalue weighted by atomic mass is 10.0. The van der Waals surface area contributed by atoms with Gasteiger partial charge in [-0.15, -0.1) is 0 Å². The van der Waals surface area contributed by atoms with Crippen molar-refractivity contribution in [1.82, 2.24) is 9.80 Å². The molecule has 166 valence electrons. The van der Waals surface area contributed by atoms with Gasteiger partial charge in [0.2, 0.25) is 5.91 Å². The van der Waals surface area contributed by atoms with Crippen LogP contribution in [0, 0.1) is 0 Å². The summed E-state index contributed by atoms with van der Waals surface area (Å²) in [6, 6.07) is 12.7. The van der Waals surface area contributed by atoms with Gasteiger partial charge in [0.25, 0.3) is 5.91 Å². The van der Waals surface area contributed by atoms with Crippen LogP contribution in [0.4, 0.5) is 5.69 Å². The van der Waals surface area contributed by atoms with Crippen LogP contribution < -0.4 is 5.32 Å². The van der Waals surface area contributed by atoms with Crippen molar-refractivity contribution >= 4 is 52.3 Å². The number of hydrogen-bond acceptors (Lipinski definition) is 3. The van der Waals surface area contributed by atoms with Crippen molar-refractivity contribution in [3.8, 4) is 0 Å². The van der Waals surface area contributed by atoms with Crippen LogP contribution in [0.1, 0.15) is 36.5 Å². The zero-order valence-corrected chi connectivity index (χ0v) is 19.7. The molecule has 31 heavy (non-hydrogen) atoms. The Bertz CT molecular complexity index is 893. The van der Waals surface area contributed by atoms with Gasteiger partial charge in [0.1, 0.15) is 0 Å². The van der Waals surface area contributed by atoms with E-state index in [0.29, 0.717) is 39.4 Å². The zero-order valence-electron chi connectivity index (χ0n) is 17.4. The third-order valence-corrected chi connectivity index (χ3v) is 6.23. The van der Waals surface area contributed by atoms with E-state index in [1.54, 1.807) is 12.1 Å². The molecule has 5 nitrogen and oxygen atoms in total. The number of nitrogens with one attached hydrogen (secondary N) is 1. The molecule has 1 aliphatic heterocycles. The van der Waals surface area contributed by atoms with Gasteiger partial charge in [-0.05, 0) is 50.1 Å². The summed E-state index contributed by atoms with van der Waals surface area (Å²) in [5.74, 6) is -0.117. The zero-order chi connectivity index (χ0) is 22.4. The van der Waals surface area contributed by atoms with Gasteiger partial charge < -0.3 is 10.2 Å². The number of anilines is 1. The molecule has 8 heteroatoms. The topological polar surface area (TPSA) is 52.7 Å². The number of carbonyl (C=O) groups excluding carboxylic acids is 2. The summed E-state index contributed by atoms with van der Waals surface area (Å²) < 4.78 is 0. The first-order chi connectivity index (χ1) is 14.9. The van der Waals surface area contributed by atoms with Crippen LogP contribution in [0.2, 0.25) is 15.1 Å². The first kappa shape index (κ1) is 23.9. The van der Waals surface area contributed by atoms with Gasteiger partial charge in [-0.2, -0.15) is 0 Å². The van der Waals surface area contributed by atoms with Crippen molar-refractivity contribution in [3.63, 3.8) is 0 Å². The average molecular weight is 483 g/mol. The Labute approximate surface area is 198 Å². The minimum absolute atomic E-state index is 0.0610. The number of rotatable bonds is 7. The van der Waals surface area contributed by atoms with E-state index >= 15 is 0 Å². The van der Waals surface area contributed by atoms with E-state index in [9.17, 15) is 9.59 Å². The summed E-state index contributed by atoms with van der Waals surface area (Å²) in [7, 11) is 0. The molecule has 2 aromatic carbocycles. The SMILES string of the molecule is CCCN(CC(=O)Nc1c(Cl)cc(Cl)cc1Cl)C1CCN(C(=O)c2ccccc2)CC1. The second kappa shape index (κ2) is 11.2. The lowest BCUT2D eigenvalue weighted by Gasteiger charge is -2.38. The highest BCUT2D eigenvalue weighted by atomic mass is 35.5. The largest absolute Gasteiger partial charge is 0.339 e. The lowest BCUT2D eigenvalue weighted by Crippen LogP contribution is -2.49. The summed E-state index contributed by atoms with van der Waals surface area (Å²) in [4.78, 5) is 29.5. The number of carbonyl (C=O) groups is 2. The Kier molecular flexibility index (Phi) is 8.61. The normalized spacial score (nSPS) is 14.7. The van der Waals surface area contributed by atoms with Gasteiger partial charge in [0.15, 0.2) is 0 Å². The van der Waals surface area contributed by atoms with E-state index in [1.807, 2.05) is 35.2 Å². The Balaban J connectivity index is 1.59. The van der Waals surface area contributed by atoms with E-state index in [-0.39, 0.29) is 24.4 Å². The van der Waals surface area contributed by atoms with E-state index < -0.39 is 0 Å². The van der Waals surface area contributed by atoms with Crippen LogP contribution in [0.15, 0.2) is 42.5 Å². The molecule has 0 bridgehead atoms. The van der Waals surface area contributed by atoms with Gasteiger partial charge in [-0.25, -0.2) is 0 Å². The van der Waals surface area contributed by atoms with Gasteiger partial charge >= 0.3 is 0 Å². The Hall–Kier alpha value is -1.79. The maximum Gasteiger partial charge on any atom is 0.253 e. The standard InChI is InChI=1S/C23H26Cl3N3O2/c1-2-10-29(15-21(30)27-22-19(25)13-17(24)14-20(22)26)18-8-11-28(12-9-18)23(31)16-6-4-3-5-7-16/h3-7,13-14,18H,2,8-12,15H2,1H3,(H,27,30). The summed E-state index contributed by atoms with van der Waals surface area (Å²) in [5.41, 5.74) is 1.08. The molecule has 0 atom stereocenters. The Morgan fingerprint density at radius 3 is 2.26 bits per heavy atom. The summed E-state index contributed by atoms with van der Waals surface area (Å²) >= 11 is 18.3. The molecule has 2 aromatic rings. The predicted octanol–water partition coefficient (Wildman–Crippen LogP) is 5.60. The summed E-state index contributed by atoms with van der Waals surface area (Å²) in [5, 5.41) is 3.84. The van der Waals surface area contributed by atoms with Crippen LogP contribution in [-0.4, -0.2) is 53.8 Å². The Morgan fingerprint density at radius 1 is 1.06 bits per heavy atom. The van der Waals surface area contributed by atoms with Crippen molar-refractivity contribution in [2.24, 2.45) is 0 Å². The van der Waals surface area contributed by atoms with Crippen LogP contribution in [0.25, 0.3) is 0 Å². The third kappa shape index (κ3) is 6.36. The van der Waals surface area contributed by atoms with E-state index in [4.69, 9.17) is 34.8 Å². The molecule has 0 spiro atoms.